The van der Waals surface area contributed by atoms with Crippen molar-refractivity contribution in [2.45, 2.75) is 38.3 Å². The van der Waals surface area contributed by atoms with Crippen LogP contribution in [-0.2, 0) is 32.6 Å². The summed E-state index contributed by atoms with van der Waals surface area (Å²) in [5, 5.41) is 3.52. The summed E-state index contributed by atoms with van der Waals surface area (Å²) in [6.45, 7) is 1.86. The van der Waals surface area contributed by atoms with Crippen molar-refractivity contribution in [3.63, 3.8) is 0 Å². The number of carbonyl (C=O) groups excluding carboxylic acids is 3. The van der Waals surface area contributed by atoms with Gasteiger partial charge in [0.05, 0.1) is 12.6 Å². The van der Waals surface area contributed by atoms with Crippen molar-refractivity contribution in [3.05, 3.63) is 36.0 Å². The summed E-state index contributed by atoms with van der Waals surface area (Å²) in [6.07, 6.45) is 2.06. The number of nitrogens with zero attached hydrogens (tertiary/aromatic N) is 1. The van der Waals surface area contributed by atoms with Crippen LogP contribution in [0.4, 0.5) is 0 Å². The number of hydrogen-bond acceptors (Lipinski definition) is 5. The highest BCUT2D eigenvalue weighted by Gasteiger charge is 2.26. The quantitative estimate of drug-likeness (QED) is 0.545. The molecule has 1 aromatic heterocycles. The molecule has 0 bridgehead atoms. The van der Waals surface area contributed by atoms with Gasteiger partial charge in [-0.25, -0.2) is 4.79 Å². The number of benzene rings is 1. The molecule has 0 aliphatic rings. The summed E-state index contributed by atoms with van der Waals surface area (Å²) < 4.78 is 14.5. The second-order valence-corrected chi connectivity index (χ2v) is 6.27. The number of hydrogen-bond donors (Lipinski definition) is 3. The molecule has 0 saturated heterocycles. The minimum atomic E-state index is -0.959. The minimum Gasteiger partial charge on any atom is -0.464 e. The monoisotopic (exact) mass is 375 g/mol. The number of amides is 2. The van der Waals surface area contributed by atoms with Gasteiger partial charge in [-0.2, -0.15) is 0 Å². The van der Waals surface area contributed by atoms with Crippen molar-refractivity contribution in [2.24, 2.45) is 18.5 Å². The summed E-state index contributed by atoms with van der Waals surface area (Å²) in [6, 6.07) is 5.65. The second kappa shape index (κ2) is 9.18. The Kier molecular flexibility index (Phi) is 6.43. The van der Waals surface area contributed by atoms with E-state index < -0.39 is 29.9 Å². The van der Waals surface area contributed by atoms with Gasteiger partial charge in [-0.3, -0.25) is 9.59 Å². The smallest absolute Gasteiger partial charge is 0.328 e. The van der Waals surface area contributed by atoms with Gasteiger partial charge in [-0.15, -0.1) is 0 Å². The van der Waals surface area contributed by atoms with E-state index in [2.05, 4.69) is 5.32 Å². The van der Waals surface area contributed by atoms with E-state index in [-0.39, 0.29) is 32.9 Å². The van der Waals surface area contributed by atoms with Crippen LogP contribution in [0.15, 0.2) is 30.5 Å². The Morgan fingerprint density at radius 1 is 1.33 bits per heavy atom. The average molecular weight is 375 g/mol. The first-order valence-corrected chi connectivity index (χ1v) is 8.74. The molecule has 0 fully saturated rings. The zero-order valence-electron chi connectivity index (χ0n) is 16.3. The number of aromatic nitrogens is 1. The van der Waals surface area contributed by atoms with Gasteiger partial charge < -0.3 is 26.1 Å². The number of primary amides is 1. The van der Waals surface area contributed by atoms with Crippen LogP contribution < -0.4 is 16.8 Å². The van der Waals surface area contributed by atoms with Crippen LogP contribution in [0, 0.1) is 0 Å². The van der Waals surface area contributed by atoms with Crippen molar-refractivity contribution in [2.75, 3.05) is 6.61 Å². The van der Waals surface area contributed by atoms with E-state index in [0.717, 1.165) is 16.5 Å². The Balaban J connectivity index is 2.21. The summed E-state index contributed by atoms with van der Waals surface area (Å²) in [5.74, 6) is -1.67. The van der Waals surface area contributed by atoms with Gasteiger partial charge in [-0.05, 0) is 25.0 Å². The topological polar surface area (TPSA) is 129 Å². The van der Waals surface area contributed by atoms with Gasteiger partial charge in [-0.1, -0.05) is 18.2 Å². The average Bonchev–Trinajstić information content (AvgIpc) is 3.03. The number of aryl methyl sites for hydroxylation is 1. The molecule has 2 amide bonds. The first kappa shape index (κ1) is 18.9. The fraction of sp³-hybridized carbons (Fsp3) is 0.421. The number of fused-ring (bicyclic) bond motifs is 1. The molecular formula is C19H26N4O4. The molecule has 2 aromatic rings. The van der Waals surface area contributed by atoms with Crippen LogP contribution in [0.5, 0.6) is 0 Å². The van der Waals surface area contributed by atoms with Crippen molar-refractivity contribution < 1.29 is 20.5 Å². The molecule has 5 N–H and O–H groups in total. The highest BCUT2D eigenvalue weighted by molar-refractivity contribution is 5.89. The van der Waals surface area contributed by atoms with E-state index in [0.29, 0.717) is 0 Å². The van der Waals surface area contributed by atoms with E-state index in [9.17, 15) is 14.4 Å². The molecule has 1 heterocycles. The molecule has 0 saturated carbocycles. The molecule has 146 valence electrons. The van der Waals surface area contributed by atoms with E-state index in [4.69, 9.17) is 17.6 Å². The fourth-order valence-electron chi connectivity index (χ4n) is 2.85. The molecule has 2 rings (SSSR count). The highest BCUT2D eigenvalue weighted by Crippen LogP contribution is 2.21. The number of ether oxygens (including phenoxy) is 1. The van der Waals surface area contributed by atoms with Crippen LogP contribution in [0.2, 0.25) is 0 Å². The van der Waals surface area contributed by atoms with Crippen LogP contribution in [-0.4, -0.2) is 41.0 Å². The molecule has 2 atom stereocenters. The maximum atomic E-state index is 12.4. The summed E-state index contributed by atoms with van der Waals surface area (Å²) in [7, 11) is 0.0366. The maximum Gasteiger partial charge on any atom is 0.328 e. The third kappa shape index (κ3) is 5.30. The predicted octanol–water partition coefficient (Wildman–Crippen LogP) is 0.362. The molecule has 1 aromatic carbocycles. The van der Waals surface area contributed by atoms with Gasteiger partial charge in [0.25, 0.3) is 0 Å². The molecule has 0 unspecified atom stereocenters. The lowest BCUT2D eigenvalue weighted by molar-refractivity contribution is -0.147. The van der Waals surface area contributed by atoms with Crippen molar-refractivity contribution >= 4 is 28.7 Å². The van der Waals surface area contributed by atoms with Crippen LogP contribution in [0.3, 0.4) is 0 Å². The Hall–Kier alpha value is -2.87. The Morgan fingerprint density at radius 3 is 2.74 bits per heavy atom. The van der Waals surface area contributed by atoms with Crippen molar-refractivity contribution in [1.29, 1.82) is 0 Å². The zero-order valence-corrected chi connectivity index (χ0v) is 15.3. The number of nitrogens with two attached hydrogens (primary N) is 2. The lowest BCUT2D eigenvalue weighted by Crippen LogP contribution is -2.50. The number of esters is 1. The largest absolute Gasteiger partial charge is 0.464 e. The van der Waals surface area contributed by atoms with Gasteiger partial charge in [0.1, 0.15) is 6.04 Å². The van der Waals surface area contributed by atoms with Crippen molar-refractivity contribution in [3.8, 4) is 0 Å². The number of carbonyl (C=O) groups is 3. The third-order valence-electron chi connectivity index (χ3n) is 4.22. The zero-order chi connectivity index (χ0) is 20.7. The highest BCUT2D eigenvalue weighted by atomic mass is 16.5. The molecule has 27 heavy (non-hydrogen) atoms. The molecule has 8 heteroatoms. The second-order valence-electron chi connectivity index (χ2n) is 6.27. The standard InChI is InChI=1S/C19H26N4O4/c1-3-27-19(26)15(22-18(25)14(20)8-9-17(21)24)10-12-11-23(2)16-7-5-4-6-13(12)16/h4-7,11,14-15H,3,8-10,20H2,1-2H3,(H2,21,24)(H,22,25)/t14-,15-/m0/s1/i2D. The number of nitrogens with one attached hydrogen (secondary N) is 1. The minimum absolute atomic E-state index is 0.0182. The number of para-hydroxylation sites is 1. The van der Waals surface area contributed by atoms with E-state index >= 15 is 0 Å². The summed E-state index contributed by atoms with van der Waals surface area (Å²) >= 11 is 0. The van der Waals surface area contributed by atoms with Crippen LogP contribution in [0.1, 0.15) is 26.7 Å². The number of rotatable bonds is 9. The molecule has 0 spiro atoms. The normalized spacial score (nSPS) is 13.6. The molecule has 0 aliphatic carbocycles. The third-order valence-corrected chi connectivity index (χ3v) is 4.22. The Labute approximate surface area is 159 Å². The first-order chi connectivity index (χ1) is 13.4. The first-order valence-electron chi connectivity index (χ1n) is 9.45. The van der Waals surface area contributed by atoms with Crippen LogP contribution in [0.25, 0.3) is 10.9 Å². The Morgan fingerprint density at radius 2 is 2.07 bits per heavy atom. The van der Waals surface area contributed by atoms with E-state index in [1.165, 1.54) is 0 Å². The molecule has 0 aliphatic heterocycles. The van der Waals surface area contributed by atoms with Gasteiger partial charge in [0, 0.05) is 38.3 Å². The molecule has 0 radical (unpaired) electrons. The van der Waals surface area contributed by atoms with Crippen LogP contribution >= 0.6 is 0 Å². The van der Waals surface area contributed by atoms with Gasteiger partial charge in [0.2, 0.25) is 11.8 Å². The van der Waals surface area contributed by atoms with Crippen molar-refractivity contribution in [1.82, 2.24) is 9.88 Å². The van der Waals surface area contributed by atoms with E-state index in [1.807, 2.05) is 24.3 Å². The maximum absolute atomic E-state index is 12.4. The summed E-state index contributed by atoms with van der Waals surface area (Å²) in [5.41, 5.74) is 12.6. The molecular weight excluding hydrogens is 348 g/mol. The van der Waals surface area contributed by atoms with Gasteiger partial charge in [0.15, 0.2) is 0 Å². The van der Waals surface area contributed by atoms with Gasteiger partial charge >= 0.3 is 5.97 Å². The lowest BCUT2D eigenvalue weighted by atomic mass is 10.0. The van der Waals surface area contributed by atoms with E-state index in [1.54, 1.807) is 17.7 Å². The predicted molar refractivity (Wildman–Crippen MR) is 102 cm³/mol. The molecule has 8 nitrogen and oxygen atoms in total. The fourth-order valence-corrected chi connectivity index (χ4v) is 2.85. The Bertz CT molecular complexity index is 852. The lowest BCUT2D eigenvalue weighted by Gasteiger charge is -2.19. The summed E-state index contributed by atoms with van der Waals surface area (Å²) in [4.78, 5) is 35.6. The SMILES string of the molecule is [2H]Cn1cc(C[C@H](NC(=O)[C@@H](N)CCC(N)=O)C(=O)OCC)c2ccccc21.